The SMILES string of the molecule is COC(=O)/C=C/c1ccc(-c2ccc(OC)cc2Br)o1. The maximum absolute atomic E-state index is 11.0. The van der Waals surface area contributed by atoms with Gasteiger partial charge in [-0.15, -0.1) is 0 Å². The third-order valence-electron chi connectivity index (χ3n) is 2.65. The second-order valence-corrected chi connectivity index (χ2v) is 4.76. The van der Waals surface area contributed by atoms with Gasteiger partial charge in [-0.05, 0) is 52.3 Å². The molecule has 0 radical (unpaired) electrons. The van der Waals surface area contributed by atoms with Crippen LogP contribution in [-0.2, 0) is 9.53 Å². The van der Waals surface area contributed by atoms with Gasteiger partial charge in [-0.3, -0.25) is 0 Å². The lowest BCUT2D eigenvalue weighted by Gasteiger charge is -2.04. The fourth-order valence-corrected chi connectivity index (χ4v) is 2.18. The number of halogens is 1. The summed E-state index contributed by atoms with van der Waals surface area (Å²) in [6, 6.07) is 9.24. The third kappa shape index (κ3) is 3.30. The number of carbonyl (C=O) groups excluding carboxylic acids is 1. The number of benzene rings is 1. The number of methoxy groups -OCH3 is 2. The second-order valence-electron chi connectivity index (χ2n) is 3.90. The molecule has 0 N–H and O–H groups in total. The van der Waals surface area contributed by atoms with Crippen molar-refractivity contribution in [3.05, 3.63) is 46.6 Å². The van der Waals surface area contributed by atoms with E-state index in [1.807, 2.05) is 24.3 Å². The first kappa shape index (κ1) is 14.4. The molecule has 5 heteroatoms. The number of esters is 1. The van der Waals surface area contributed by atoms with Gasteiger partial charge in [0.15, 0.2) is 0 Å². The smallest absolute Gasteiger partial charge is 0.330 e. The highest BCUT2D eigenvalue weighted by Crippen LogP contribution is 2.32. The zero-order chi connectivity index (χ0) is 14.5. The molecule has 0 amide bonds. The molecule has 0 aliphatic rings. The van der Waals surface area contributed by atoms with Crippen LogP contribution in [-0.4, -0.2) is 20.2 Å². The summed E-state index contributed by atoms with van der Waals surface area (Å²) in [6.45, 7) is 0. The summed E-state index contributed by atoms with van der Waals surface area (Å²) < 4.78 is 16.2. The van der Waals surface area contributed by atoms with Crippen LogP contribution in [0.2, 0.25) is 0 Å². The van der Waals surface area contributed by atoms with Gasteiger partial charge in [0.25, 0.3) is 0 Å². The summed E-state index contributed by atoms with van der Waals surface area (Å²) in [7, 11) is 2.94. The molecular formula is C15H13BrO4. The van der Waals surface area contributed by atoms with E-state index in [0.717, 1.165) is 15.8 Å². The quantitative estimate of drug-likeness (QED) is 0.627. The molecule has 0 aliphatic carbocycles. The molecule has 0 saturated carbocycles. The summed E-state index contributed by atoms with van der Waals surface area (Å²) in [5.41, 5.74) is 0.906. The molecular weight excluding hydrogens is 324 g/mol. The van der Waals surface area contributed by atoms with E-state index in [9.17, 15) is 4.79 Å². The van der Waals surface area contributed by atoms with Crippen LogP contribution in [0.15, 0.2) is 45.3 Å². The lowest BCUT2D eigenvalue weighted by molar-refractivity contribution is -0.134. The Morgan fingerprint density at radius 2 is 2.05 bits per heavy atom. The van der Waals surface area contributed by atoms with Gasteiger partial charge in [0.05, 0.1) is 14.2 Å². The van der Waals surface area contributed by atoms with Crippen LogP contribution >= 0.6 is 15.9 Å². The van der Waals surface area contributed by atoms with Crippen molar-refractivity contribution in [3.8, 4) is 17.1 Å². The Hall–Kier alpha value is -2.01. The van der Waals surface area contributed by atoms with Crippen LogP contribution in [0.25, 0.3) is 17.4 Å². The molecule has 0 fully saturated rings. The maximum Gasteiger partial charge on any atom is 0.330 e. The Morgan fingerprint density at radius 3 is 2.70 bits per heavy atom. The van der Waals surface area contributed by atoms with Gasteiger partial charge in [0, 0.05) is 16.1 Å². The molecule has 20 heavy (non-hydrogen) atoms. The van der Waals surface area contributed by atoms with Gasteiger partial charge >= 0.3 is 5.97 Å². The second kappa shape index (κ2) is 6.43. The molecule has 1 heterocycles. The Bertz CT molecular complexity index is 643. The Morgan fingerprint density at radius 1 is 1.25 bits per heavy atom. The minimum Gasteiger partial charge on any atom is -0.497 e. The number of carbonyl (C=O) groups is 1. The summed E-state index contributed by atoms with van der Waals surface area (Å²) in [6.07, 6.45) is 2.87. The van der Waals surface area contributed by atoms with Gasteiger partial charge in [-0.2, -0.15) is 0 Å². The lowest BCUT2D eigenvalue weighted by Crippen LogP contribution is -1.92. The van der Waals surface area contributed by atoms with E-state index >= 15 is 0 Å². The van der Waals surface area contributed by atoms with Crippen molar-refractivity contribution >= 4 is 28.0 Å². The monoisotopic (exact) mass is 336 g/mol. The van der Waals surface area contributed by atoms with E-state index in [4.69, 9.17) is 9.15 Å². The summed E-state index contributed by atoms with van der Waals surface area (Å²) >= 11 is 3.48. The van der Waals surface area contributed by atoms with Crippen molar-refractivity contribution in [2.45, 2.75) is 0 Å². The molecule has 0 saturated heterocycles. The number of hydrogen-bond donors (Lipinski definition) is 0. The van der Waals surface area contributed by atoms with Crippen LogP contribution in [0.5, 0.6) is 5.75 Å². The predicted molar refractivity (Wildman–Crippen MR) is 79.4 cm³/mol. The van der Waals surface area contributed by atoms with E-state index in [0.29, 0.717) is 11.5 Å². The first-order chi connectivity index (χ1) is 9.63. The number of rotatable bonds is 4. The van der Waals surface area contributed by atoms with Crippen LogP contribution in [0.1, 0.15) is 5.76 Å². The molecule has 2 aromatic rings. The van der Waals surface area contributed by atoms with E-state index in [1.54, 1.807) is 19.3 Å². The van der Waals surface area contributed by atoms with E-state index in [1.165, 1.54) is 13.2 Å². The fraction of sp³-hybridized carbons (Fsp3) is 0.133. The van der Waals surface area contributed by atoms with Gasteiger partial charge in [-0.25, -0.2) is 4.79 Å². The van der Waals surface area contributed by atoms with Crippen molar-refractivity contribution in [1.82, 2.24) is 0 Å². The highest BCUT2D eigenvalue weighted by molar-refractivity contribution is 9.10. The van der Waals surface area contributed by atoms with Crippen molar-refractivity contribution in [1.29, 1.82) is 0 Å². The zero-order valence-corrected chi connectivity index (χ0v) is 12.6. The standard InChI is InChI=1S/C15H13BrO4/c1-18-11-3-6-12(13(16)9-11)14-7-4-10(20-14)5-8-15(17)19-2/h3-9H,1-2H3/b8-5+. The molecule has 1 aromatic heterocycles. The Balaban J connectivity index is 2.24. The molecule has 0 aliphatic heterocycles. The highest BCUT2D eigenvalue weighted by atomic mass is 79.9. The summed E-state index contributed by atoms with van der Waals surface area (Å²) in [5, 5.41) is 0. The normalized spacial score (nSPS) is 10.8. The van der Waals surface area contributed by atoms with Gasteiger partial charge in [-0.1, -0.05) is 0 Å². The summed E-state index contributed by atoms with van der Waals surface area (Å²) in [4.78, 5) is 11.0. The predicted octanol–water partition coefficient (Wildman–Crippen LogP) is 3.90. The first-order valence-corrected chi connectivity index (χ1v) is 6.63. The van der Waals surface area contributed by atoms with Crippen molar-refractivity contribution in [2.75, 3.05) is 14.2 Å². The van der Waals surface area contributed by atoms with Crippen LogP contribution in [0.3, 0.4) is 0 Å². The minimum absolute atomic E-state index is 0.423. The third-order valence-corrected chi connectivity index (χ3v) is 3.31. The number of ether oxygens (including phenoxy) is 2. The molecule has 0 spiro atoms. The number of furan rings is 1. The average Bonchev–Trinajstić information content (AvgIpc) is 2.93. The van der Waals surface area contributed by atoms with Crippen molar-refractivity contribution < 1.29 is 18.7 Å². The van der Waals surface area contributed by atoms with Gasteiger partial charge in [0.2, 0.25) is 0 Å². The minimum atomic E-state index is -0.423. The maximum atomic E-state index is 11.0. The van der Waals surface area contributed by atoms with Gasteiger partial charge in [0.1, 0.15) is 17.3 Å². The van der Waals surface area contributed by atoms with E-state index in [-0.39, 0.29) is 0 Å². The Kier molecular flexibility index (Phi) is 4.63. The van der Waals surface area contributed by atoms with Crippen LogP contribution < -0.4 is 4.74 Å². The molecule has 0 atom stereocenters. The molecule has 1 aromatic carbocycles. The molecule has 4 nitrogen and oxygen atoms in total. The van der Waals surface area contributed by atoms with Crippen molar-refractivity contribution in [2.24, 2.45) is 0 Å². The van der Waals surface area contributed by atoms with Gasteiger partial charge < -0.3 is 13.9 Å². The zero-order valence-electron chi connectivity index (χ0n) is 11.1. The largest absolute Gasteiger partial charge is 0.497 e. The molecule has 2 rings (SSSR count). The van der Waals surface area contributed by atoms with E-state index < -0.39 is 5.97 Å². The number of hydrogen-bond acceptors (Lipinski definition) is 4. The van der Waals surface area contributed by atoms with Crippen LogP contribution in [0, 0.1) is 0 Å². The fourth-order valence-electron chi connectivity index (χ4n) is 1.63. The van der Waals surface area contributed by atoms with Crippen molar-refractivity contribution in [3.63, 3.8) is 0 Å². The van der Waals surface area contributed by atoms with E-state index in [2.05, 4.69) is 20.7 Å². The summed E-state index contributed by atoms with van der Waals surface area (Å²) in [5.74, 6) is 1.61. The Labute approximate surface area is 125 Å². The lowest BCUT2D eigenvalue weighted by atomic mass is 10.2. The average molecular weight is 337 g/mol. The first-order valence-electron chi connectivity index (χ1n) is 5.84. The molecule has 0 bridgehead atoms. The highest BCUT2D eigenvalue weighted by Gasteiger charge is 2.08. The molecule has 0 unspecified atom stereocenters. The van der Waals surface area contributed by atoms with Crippen LogP contribution in [0.4, 0.5) is 0 Å². The molecule has 104 valence electrons. The topological polar surface area (TPSA) is 48.7 Å².